The van der Waals surface area contributed by atoms with E-state index in [4.69, 9.17) is 0 Å². The summed E-state index contributed by atoms with van der Waals surface area (Å²) in [5.41, 5.74) is 1.10. The average Bonchev–Trinajstić information content (AvgIpc) is 2.88. The Morgan fingerprint density at radius 2 is 1.86 bits per heavy atom. The molecule has 2 aromatic rings. The van der Waals surface area contributed by atoms with Gasteiger partial charge in [-0.2, -0.15) is 0 Å². The van der Waals surface area contributed by atoms with E-state index in [1.54, 1.807) is 11.8 Å². The zero-order valence-corrected chi connectivity index (χ0v) is 13.8. The van der Waals surface area contributed by atoms with Crippen molar-refractivity contribution in [3.63, 3.8) is 0 Å². The molecule has 0 unspecified atom stereocenters. The molecule has 1 fully saturated rings. The molecule has 118 valence electrons. The first kappa shape index (κ1) is 15.5. The van der Waals surface area contributed by atoms with Gasteiger partial charge in [-0.15, -0.1) is 10.2 Å². The number of hydrogen-bond donors (Lipinski definition) is 0. The van der Waals surface area contributed by atoms with Crippen molar-refractivity contribution in [1.82, 2.24) is 14.8 Å². The zero-order chi connectivity index (χ0) is 15.4. The second kappa shape index (κ2) is 7.27. The molecule has 5 heteroatoms. The number of benzene rings is 1. The molecule has 3 rings (SSSR count). The van der Waals surface area contributed by atoms with Crippen LogP contribution >= 0.6 is 11.8 Å². The molecule has 3 nitrogen and oxygen atoms in total. The Bertz CT molecular complexity index is 603. The van der Waals surface area contributed by atoms with E-state index in [1.165, 1.54) is 44.2 Å². The Hall–Kier alpha value is -1.36. The van der Waals surface area contributed by atoms with Gasteiger partial charge < -0.3 is 4.57 Å². The van der Waals surface area contributed by atoms with Crippen molar-refractivity contribution in [2.75, 3.05) is 0 Å². The Balaban J connectivity index is 1.59. The van der Waals surface area contributed by atoms with Crippen LogP contribution in [-0.2, 0) is 19.2 Å². The first-order valence-electron chi connectivity index (χ1n) is 7.98. The fraction of sp³-hybridized carbons (Fsp3) is 0.529. The predicted molar refractivity (Wildman–Crippen MR) is 87.2 cm³/mol. The molecule has 1 saturated carbocycles. The van der Waals surface area contributed by atoms with E-state index < -0.39 is 0 Å². The third-order valence-electron chi connectivity index (χ3n) is 4.40. The fourth-order valence-corrected chi connectivity index (χ4v) is 3.91. The summed E-state index contributed by atoms with van der Waals surface area (Å²) in [5.74, 6) is 2.46. The summed E-state index contributed by atoms with van der Waals surface area (Å²) in [5, 5.41) is 9.62. The van der Waals surface area contributed by atoms with Gasteiger partial charge in [-0.1, -0.05) is 56.0 Å². The summed E-state index contributed by atoms with van der Waals surface area (Å²) in [6.07, 6.45) is 7.79. The van der Waals surface area contributed by atoms with Crippen LogP contribution < -0.4 is 0 Å². The summed E-state index contributed by atoms with van der Waals surface area (Å²) in [6.45, 7) is 0. The van der Waals surface area contributed by atoms with E-state index in [0.29, 0.717) is 0 Å². The second-order valence-electron chi connectivity index (χ2n) is 6.08. The lowest BCUT2D eigenvalue weighted by molar-refractivity contribution is 0.348. The van der Waals surface area contributed by atoms with Gasteiger partial charge in [0.1, 0.15) is 11.6 Å². The molecule has 0 spiro atoms. The van der Waals surface area contributed by atoms with E-state index in [2.05, 4.69) is 14.8 Å². The lowest BCUT2D eigenvalue weighted by Crippen LogP contribution is -2.12. The second-order valence-corrected chi connectivity index (χ2v) is 7.02. The van der Waals surface area contributed by atoms with Crippen molar-refractivity contribution in [3.8, 4) is 0 Å². The monoisotopic (exact) mass is 319 g/mol. The normalized spacial score (nSPS) is 16.1. The standard InChI is InChI=1S/C17H22FN3S/c1-21-16(11-13-5-3-2-4-6-13)19-20-17(21)22-12-14-7-9-15(18)10-8-14/h7-10,13H,2-6,11-12H2,1H3. The molecule has 0 saturated heterocycles. The number of nitrogens with zero attached hydrogens (tertiary/aromatic N) is 3. The van der Waals surface area contributed by atoms with Crippen LogP contribution in [0, 0.1) is 11.7 Å². The van der Waals surface area contributed by atoms with Crippen LogP contribution in [0.15, 0.2) is 29.4 Å². The maximum absolute atomic E-state index is 12.9. The maximum atomic E-state index is 12.9. The molecular weight excluding hydrogens is 297 g/mol. The summed E-state index contributed by atoms with van der Waals surface area (Å²) in [6, 6.07) is 6.64. The molecule has 0 radical (unpaired) electrons. The fourth-order valence-electron chi connectivity index (χ4n) is 3.03. The first-order chi connectivity index (χ1) is 10.7. The summed E-state index contributed by atoms with van der Waals surface area (Å²) in [7, 11) is 2.05. The largest absolute Gasteiger partial charge is 0.309 e. The van der Waals surface area contributed by atoms with E-state index in [9.17, 15) is 4.39 Å². The number of aromatic nitrogens is 3. The number of rotatable bonds is 5. The first-order valence-corrected chi connectivity index (χ1v) is 8.96. The van der Waals surface area contributed by atoms with Gasteiger partial charge in [0.2, 0.25) is 0 Å². The molecule has 1 aromatic heterocycles. The molecule has 0 N–H and O–H groups in total. The molecule has 0 atom stereocenters. The van der Waals surface area contributed by atoms with Crippen molar-refractivity contribution < 1.29 is 4.39 Å². The Kier molecular flexibility index (Phi) is 5.13. The minimum atomic E-state index is -0.192. The molecule has 1 aliphatic carbocycles. The Morgan fingerprint density at radius 3 is 2.59 bits per heavy atom. The third kappa shape index (κ3) is 3.88. The van der Waals surface area contributed by atoms with Gasteiger partial charge in [0.25, 0.3) is 0 Å². The maximum Gasteiger partial charge on any atom is 0.191 e. The summed E-state index contributed by atoms with van der Waals surface area (Å²) in [4.78, 5) is 0. The minimum absolute atomic E-state index is 0.192. The van der Waals surface area contributed by atoms with Crippen LogP contribution in [0.2, 0.25) is 0 Å². The van der Waals surface area contributed by atoms with E-state index in [1.807, 2.05) is 19.2 Å². The van der Waals surface area contributed by atoms with Crippen molar-refractivity contribution in [2.45, 2.75) is 49.4 Å². The summed E-state index contributed by atoms with van der Waals surface area (Å²) >= 11 is 1.66. The smallest absolute Gasteiger partial charge is 0.191 e. The topological polar surface area (TPSA) is 30.7 Å². The average molecular weight is 319 g/mol. The van der Waals surface area contributed by atoms with Crippen LogP contribution in [0.1, 0.15) is 43.5 Å². The highest BCUT2D eigenvalue weighted by molar-refractivity contribution is 7.98. The Morgan fingerprint density at radius 1 is 1.14 bits per heavy atom. The zero-order valence-electron chi connectivity index (χ0n) is 13.0. The lowest BCUT2D eigenvalue weighted by Gasteiger charge is -2.20. The van der Waals surface area contributed by atoms with Gasteiger partial charge >= 0.3 is 0 Å². The van der Waals surface area contributed by atoms with Crippen LogP contribution in [0.25, 0.3) is 0 Å². The van der Waals surface area contributed by atoms with Gasteiger partial charge in [0.15, 0.2) is 5.16 Å². The van der Waals surface area contributed by atoms with Gasteiger partial charge in [-0.25, -0.2) is 4.39 Å². The molecule has 0 amide bonds. The van der Waals surface area contributed by atoms with Crippen molar-refractivity contribution in [1.29, 1.82) is 0 Å². The highest BCUT2D eigenvalue weighted by Crippen LogP contribution is 2.27. The SMILES string of the molecule is Cn1c(CC2CCCCC2)nnc1SCc1ccc(F)cc1. The highest BCUT2D eigenvalue weighted by atomic mass is 32.2. The third-order valence-corrected chi connectivity index (χ3v) is 5.49. The number of halogens is 1. The molecule has 22 heavy (non-hydrogen) atoms. The van der Waals surface area contributed by atoms with Crippen LogP contribution in [0.5, 0.6) is 0 Å². The lowest BCUT2D eigenvalue weighted by atomic mass is 9.87. The molecule has 1 heterocycles. The van der Waals surface area contributed by atoms with Gasteiger partial charge in [-0.3, -0.25) is 0 Å². The van der Waals surface area contributed by atoms with Gasteiger partial charge in [0, 0.05) is 19.2 Å². The van der Waals surface area contributed by atoms with E-state index in [-0.39, 0.29) is 5.82 Å². The molecule has 1 aromatic carbocycles. The summed E-state index contributed by atoms with van der Waals surface area (Å²) < 4.78 is 15.0. The molecule has 0 aliphatic heterocycles. The number of hydrogen-bond acceptors (Lipinski definition) is 3. The van der Waals surface area contributed by atoms with Crippen LogP contribution in [-0.4, -0.2) is 14.8 Å². The van der Waals surface area contributed by atoms with Gasteiger partial charge in [0.05, 0.1) is 0 Å². The van der Waals surface area contributed by atoms with E-state index >= 15 is 0 Å². The quantitative estimate of drug-likeness (QED) is 0.767. The Labute approximate surface area is 135 Å². The van der Waals surface area contributed by atoms with Gasteiger partial charge in [-0.05, 0) is 23.6 Å². The minimum Gasteiger partial charge on any atom is -0.309 e. The molecule has 0 bridgehead atoms. The number of thioether (sulfide) groups is 1. The van der Waals surface area contributed by atoms with E-state index in [0.717, 1.165) is 34.6 Å². The van der Waals surface area contributed by atoms with Crippen molar-refractivity contribution in [2.24, 2.45) is 13.0 Å². The highest BCUT2D eigenvalue weighted by Gasteiger charge is 2.18. The molecular formula is C17H22FN3S. The van der Waals surface area contributed by atoms with Crippen molar-refractivity contribution in [3.05, 3.63) is 41.5 Å². The van der Waals surface area contributed by atoms with Crippen molar-refractivity contribution >= 4 is 11.8 Å². The predicted octanol–water partition coefficient (Wildman–Crippen LogP) is 4.37. The van der Waals surface area contributed by atoms with Crippen LogP contribution in [0.3, 0.4) is 0 Å². The molecule has 1 aliphatic rings. The van der Waals surface area contributed by atoms with Crippen LogP contribution in [0.4, 0.5) is 4.39 Å².